The highest BCUT2D eigenvalue weighted by atomic mass is 19.1. The topological polar surface area (TPSA) is 87.8 Å². The Hall–Kier alpha value is -2.51. The van der Waals surface area contributed by atoms with Gasteiger partial charge in [0.15, 0.2) is 5.65 Å². The molecule has 1 saturated heterocycles. The van der Waals surface area contributed by atoms with Gasteiger partial charge in [-0.05, 0) is 6.07 Å². The smallest absolute Gasteiger partial charge is 0.343 e. The molecule has 3 heterocycles. The van der Waals surface area contributed by atoms with E-state index in [1.165, 1.54) is 21.8 Å². The fraction of sp³-hybridized carbons (Fsp3) is 0.333. The molecule has 1 unspecified atom stereocenters. The molecule has 1 aliphatic heterocycles. The number of rotatable bonds is 2. The molecule has 0 radical (unpaired) electrons. The minimum absolute atomic E-state index is 0.0613. The van der Waals surface area contributed by atoms with E-state index in [-0.39, 0.29) is 18.5 Å². The van der Waals surface area contributed by atoms with Gasteiger partial charge in [-0.15, -0.1) is 0 Å². The minimum atomic E-state index is -2.37. The van der Waals surface area contributed by atoms with Crippen LogP contribution in [0.25, 0.3) is 5.65 Å². The quantitative estimate of drug-likeness (QED) is 0.857. The van der Waals surface area contributed by atoms with Crippen molar-refractivity contribution < 1.29 is 19.1 Å². The van der Waals surface area contributed by atoms with Gasteiger partial charge in [0.25, 0.3) is 5.91 Å². The average Bonchev–Trinajstić information content (AvgIpc) is 3.03. The summed E-state index contributed by atoms with van der Waals surface area (Å²) in [5.74, 6) is -2.00. The Morgan fingerprint density at radius 1 is 1.45 bits per heavy atom. The van der Waals surface area contributed by atoms with E-state index in [1.807, 2.05) is 0 Å². The van der Waals surface area contributed by atoms with E-state index in [0.717, 1.165) is 0 Å². The summed E-state index contributed by atoms with van der Waals surface area (Å²) >= 11 is 0. The number of likely N-dealkylation sites (tertiary alicyclic amines) is 1. The number of fused-ring (bicyclic) bond motifs is 1. The van der Waals surface area contributed by atoms with Crippen molar-refractivity contribution in [2.45, 2.75) is 12.1 Å². The molecule has 104 valence electrons. The van der Waals surface area contributed by atoms with E-state index in [0.29, 0.717) is 5.65 Å². The molecular formula is C12H11FN4O3. The predicted molar refractivity (Wildman–Crippen MR) is 65.0 cm³/mol. The fourth-order valence-corrected chi connectivity index (χ4v) is 2.27. The van der Waals surface area contributed by atoms with Crippen LogP contribution in [0.5, 0.6) is 0 Å². The zero-order valence-electron chi connectivity index (χ0n) is 10.4. The molecule has 1 aliphatic rings. The molecule has 8 heteroatoms. The Kier molecular flexibility index (Phi) is 2.66. The molecule has 0 saturated carbocycles. The lowest BCUT2D eigenvalue weighted by molar-refractivity contribution is -0.149. The monoisotopic (exact) mass is 278 g/mol. The number of hydrogen-bond donors (Lipinski definition) is 1. The molecule has 1 N–H and O–H groups in total. The van der Waals surface area contributed by atoms with Crippen LogP contribution in [0.3, 0.4) is 0 Å². The van der Waals surface area contributed by atoms with Crippen molar-refractivity contribution >= 4 is 17.5 Å². The second-order valence-corrected chi connectivity index (χ2v) is 4.69. The lowest BCUT2D eigenvalue weighted by Crippen LogP contribution is -2.38. The first-order valence-electron chi connectivity index (χ1n) is 6.01. The third-order valence-electron chi connectivity index (χ3n) is 3.40. The molecule has 0 aromatic carbocycles. The van der Waals surface area contributed by atoms with Gasteiger partial charge in [0.2, 0.25) is 5.67 Å². The Morgan fingerprint density at radius 3 is 2.95 bits per heavy atom. The molecule has 3 rings (SSSR count). The molecule has 1 fully saturated rings. The zero-order chi connectivity index (χ0) is 14.3. The highest BCUT2D eigenvalue weighted by Crippen LogP contribution is 2.27. The molecule has 0 spiro atoms. The summed E-state index contributed by atoms with van der Waals surface area (Å²) in [6, 6.07) is 1.67. The maximum Gasteiger partial charge on any atom is 0.343 e. The van der Waals surface area contributed by atoms with Crippen LogP contribution in [0.1, 0.15) is 16.8 Å². The predicted octanol–water partition coefficient (Wildman–Crippen LogP) is 0.368. The van der Waals surface area contributed by atoms with Crippen LogP contribution >= 0.6 is 0 Å². The number of carboxylic acid groups (broad SMARTS) is 1. The first kappa shape index (κ1) is 12.5. The Bertz CT molecular complexity index is 701. The summed E-state index contributed by atoms with van der Waals surface area (Å²) in [6.45, 7) is -0.392. The molecule has 0 bridgehead atoms. The summed E-state index contributed by atoms with van der Waals surface area (Å²) in [5.41, 5.74) is -1.77. The number of aromatic nitrogens is 3. The van der Waals surface area contributed by atoms with Crippen LogP contribution in [0, 0.1) is 0 Å². The van der Waals surface area contributed by atoms with Gasteiger partial charge in [-0.1, -0.05) is 0 Å². The van der Waals surface area contributed by atoms with Crippen molar-refractivity contribution in [3.8, 4) is 0 Å². The third kappa shape index (κ3) is 1.80. The molecule has 2 aromatic heterocycles. The number of carboxylic acids is 1. The Morgan fingerprint density at radius 2 is 2.25 bits per heavy atom. The molecule has 1 atom stereocenters. The Balaban J connectivity index is 1.89. The number of halogens is 1. The molecular weight excluding hydrogens is 267 g/mol. The van der Waals surface area contributed by atoms with Gasteiger partial charge < -0.3 is 10.0 Å². The van der Waals surface area contributed by atoms with Crippen LogP contribution in [-0.4, -0.2) is 55.2 Å². The number of aliphatic carboxylic acids is 1. The number of alkyl halides is 1. The molecule has 7 nitrogen and oxygen atoms in total. The lowest BCUT2D eigenvalue weighted by Gasteiger charge is -2.16. The molecule has 0 aliphatic carbocycles. The van der Waals surface area contributed by atoms with Gasteiger partial charge in [0.05, 0.1) is 12.7 Å². The van der Waals surface area contributed by atoms with E-state index < -0.39 is 24.1 Å². The minimum Gasteiger partial charge on any atom is -0.479 e. The van der Waals surface area contributed by atoms with E-state index in [1.54, 1.807) is 12.3 Å². The normalized spacial score (nSPS) is 22.4. The maximum atomic E-state index is 14.0. The van der Waals surface area contributed by atoms with E-state index in [4.69, 9.17) is 5.11 Å². The van der Waals surface area contributed by atoms with Crippen molar-refractivity contribution in [3.05, 3.63) is 30.2 Å². The van der Waals surface area contributed by atoms with Gasteiger partial charge in [-0.3, -0.25) is 4.79 Å². The second kappa shape index (κ2) is 4.26. The first-order valence-corrected chi connectivity index (χ1v) is 6.01. The van der Waals surface area contributed by atoms with Gasteiger partial charge in [0.1, 0.15) is 5.56 Å². The summed E-state index contributed by atoms with van der Waals surface area (Å²) < 4.78 is 15.4. The van der Waals surface area contributed by atoms with Crippen molar-refractivity contribution in [3.63, 3.8) is 0 Å². The SMILES string of the molecule is O=C(c1cnn2cccnc12)N1CCC(F)(C(=O)O)C1. The van der Waals surface area contributed by atoms with Gasteiger partial charge >= 0.3 is 5.97 Å². The van der Waals surface area contributed by atoms with Crippen molar-refractivity contribution in [2.75, 3.05) is 13.1 Å². The van der Waals surface area contributed by atoms with Crippen molar-refractivity contribution in [1.82, 2.24) is 19.5 Å². The van der Waals surface area contributed by atoms with E-state index in [9.17, 15) is 14.0 Å². The van der Waals surface area contributed by atoms with E-state index in [2.05, 4.69) is 10.1 Å². The molecule has 1 amide bonds. The second-order valence-electron chi connectivity index (χ2n) is 4.69. The van der Waals surface area contributed by atoms with Crippen LogP contribution in [0.15, 0.2) is 24.7 Å². The number of nitrogens with zero attached hydrogens (tertiary/aromatic N) is 4. The summed E-state index contributed by atoms with van der Waals surface area (Å²) in [7, 11) is 0. The van der Waals surface area contributed by atoms with Crippen LogP contribution in [0.4, 0.5) is 4.39 Å². The lowest BCUT2D eigenvalue weighted by atomic mass is 10.1. The molecule has 2 aromatic rings. The van der Waals surface area contributed by atoms with Crippen LogP contribution in [0.2, 0.25) is 0 Å². The zero-order valence-corrected chi connectivity index (χ0v) is 10.4. The standard InChI is InChI=1S/C12H11FN4O3/c13-12(11(19)20)2-5-16(7-12)10(18)8-6-15-17-4-1-3-14-9(8)17/h1,3-4,6H,2,5,7H2,(H,19,20). The number of carbonyl (C=O) groups is 2. The van der Waals surface area contributed by atoms with Crippen molar-refractivity contribution in [1.29, 1.82) is 0 Å². The summed E-state index contributed by atoms with van der Waals surface area (Å²) in [5, 5.41) is 12.8. The third-order valence-corrected chi connectivity index (χ3v) is 3.40. The van der Waals surface area contributed by atoms with Crippen LogP contribution in [-0.2, 0) is 4.79 Å². The highest BCUT2D eigenvalue weighted by Gasteiger charge is 2.47. The van der Waals surface area contributed by atoms with Gasteiger partial charge in [-0.25, -0.2) is 18.7 Å². The Labute approximate surface area is 112 Å². The van der Waals surface area contributed by atoms with E-state index >= 15 is 0 Å². The number of amides is 1. The van der Waals surface area contributed by atoms with Crippen LogP contribution < -0.4 is 0 Å². The summed E-state index contributed by atoms with van der Waals surface area (Å²) in [4.78, 5) is 28.4. The largest absolute Gasteiger partial charge is 0.479 e. The fourth-order valence-electron chi connectivity index (χ4n) is 2.27. The van der Waals surface area contributed by atoms with Gasteiger partial charge in [-0.2, -0.15) is 5.10 Å². The van der Waals surface area contributed by atoms with Gasteiger partial charge in [0, 0.05) is 25.4 Å². The maximum absolute atomic E-state index is 14.0. The summed E-state index contributed by atoms with van der Waals surface area (Å²) in [6.07, 6.45) is 4.30. The molecule has 20 heavy (non-hydrogen) atoms. The average molecular weight is 278 g/mol. The number of carbonyl (C=O) groups excluding carboxylic acids is 1. The first-order chi connectivity index (χ1) is 9.51. The van der Waals surface area contributed by atoms with Crippen molar-refractivity contribution in [2.24, 2.45) is 0 Å². The number of hydrogen-bond acceptors (Lipinski definition) is 4. The highest BCUT2D eigenvalue weighted by molar-refractivity contribution is 6.00.